The molecule has 2 heterocycles. The lowest BCUT2D eigenvalue weighted by atomic mass is 10.1. The third kappa shape index (κ3) is 3.04. The van der Waals surface area contributed by atoms with E-state index < -0.39 is 15.6 Å². The number of carbonyl (C=O) groups excluding carboxylic acids is 1. The minimum absolute atomic E-state index is 0.0304. The summed E-state index contributed by atoms with van der Waals surface area (Å²) in [5, 5.41) is 1.60. The molecule has 0 N–H and O–H groups in total. The molecule has 7 heteroatoms. The van der Waals surface area contributed by atoms with Gasteiger partial charge in [0.25, 0.3) is 0 Å². The van der Waals surface area contributed by atoms with Crippen molar-refractivity contribution < 1.29 is 13.2 Å². The summed E-state index contributed by atoms with van der Waals surface area (Å²) in [4.78, 5) is 17.2. The molecule has 0 unspecified atom stereocenters. The number of aromatic nitrogens is 1. The highest BCUT2D eigenvalue weighted by Gasteiger charge is 2.26. The van der Waals surface area contributed by atoms with Crippen LogP contribution < -0.4 is 0 Å². The molecule has 0 bridgehead atoms. The lowest BCUT2D eigenvalue weighted by molar-refractivity contribution is -0.129. The summed E-state index contributed by atoms with van der Waals surface area (Å²) >= 11 is 1.05. The Morgan fingerprint density at radius 2 is 2.06 bits per heavy atom. The zero-order chi connectivity index (χ0) is 12.3. The van der Waals surface area contributed by atoms with Crippen LogP contribution in [0.1, 0.15) is 19.3 Å². The zero-order valence-corrected chi connectivity index (χ0v) is 11.0. The van der Waals surface area contributed by atoms with Crippen LogP contribution in [-0.4, -0.2) is 43.1 Å². The maximum absolute atomic E-state index is 11.8. The van der Waals surface area contributed by atoms with E-state index in [1.54, 1.807) is 10.3 Å². The van der Waals surface area contributed by atoms with E-state index in [1.807, 2.05) is 0 Å². The van der Waals surface area contributed by atoms with Crippen LogP contribution in [0.2, 0.25) is 0 Å². The summed E-state index contributed by atoms with van der Waals surface area (Å²) in [6.45, 7) is 1.35. The van der Waals surface area contributed by atoms with Crippen molar-refractivity contribution in [3.8, 4) is 0 Å². The van der Waals surface area contributed by atoms with Crippen molar-refractivity contribution in [1.29, 1.82) is 0 Å². The van der Waals surface area contributed by atoms with Crippen LogP contribution >= 0.6 is 11.3 Å². The number of sulfone groups is 1. The SMILES string of the molecule is O=C(CS(=O)(=O)c1nccs1)N1CCCCC1. The number of piperidine rings is 1. The molecule has 0 aromatic carbocycles. The fraction of sp³-hybridized carbons (Fsp3) is 0.600. The Kier molecular flexibility index (Phi) is 3.78. The highest BCUT2D eigenvalue weighted by atomic mass is 32.2. The number of rotatable bonds is 3. The van der Waals surface area contributed by atoms with Gasteiger partial charge in [-0.2, -0.15) is 0 Å². The molecule has 1 aromatic heterocycles. The van der Waals surface area contributed by atoms with E-state index >= 15 is 0 Å². The van der Waals surface area contributed by atoms with Gasteiger partial charge in [-0.05, 0) is 19.3 Å². The smallest absolute Gasteiger partial charge is 0.238 e. The number of amides is 1. The van der Waals surface area contributed by atoms with Crippen molar-refractivity contribution in [3.05, 3.63) is 11.6 Å². The van der Waals surface area contributed by atoms with E-state index in [-0.39, 0.29) is 10.2 Å². The summed E-state index contributed by atoms with van der Waals surface area (Å²) in [5.74, 6) is -0.763. The molecular formula is C10H14N2O3S2. The van der Waals surface area contributed by atoms with Gasteiger partial charge in [0.1, 0.15) is 5.75 Å². The van der Waals surface area contributed by atoms with Gasteiger partial charge >= 0.3 is 0 Å². The predicted octanol–water partition coefficient (Wildman–Crippen LogP) is 0.929. The van der Waals surface area contributed by atoms with Crippen molar-refractivity contribution >= 4 is 27.1 Å². The Bertz CT molecular complexity index is 476. The molecule has 1 amide bonds. The largest absolute Gasteiger partial charge is 0.342 e. The van der Waals surface area contributed by atoms with E-state index in [2.05, 4.69) is 4.98 Å². The van der Waals surface area contributed by atoms with E-state index in [1.165, 1.54) is 6.20 Å². The van der Waals surface area contributed by atoms with Crippen LogP contribution in [0.3, 0.4) is 0 Å². The van der Waals surface area contributed by atoms with E-state index in [0.717, 1.165) is 30.6 Å². The minimum Gasteiger partial charge on any atom is -0.342 e. The summed E-state index contributed by atoms with van der Waals surface area (Å²) < 4.78 is 23.7. The number of thiazole rings is 1. The van der Waals surface area contributed by atoms with Crippen LogP contribution in [0.25, 0.3) is 0 Å². The molecule has 1 fully saturated rings. The first-order chi connectivity index (χ1) is 8.09. The van der Waals surface area contributed by atoms with Gasteiger partial charge in [0.05, 0.1) is 0 Å². The number of hydrogen-bond acceptors (Lipinski definition) is 5. The molecule has 0 aliphatic carbocycles. The van der Waals surface area contributed by atoms with Gasteiger partial charge in [-0.3, -0.25) is 4.79 Å². The van der Waals surface area contributed by atoms with Crippen molar-refractivity contribution in [3.63, 3.8) is 0 Å². The Balaban J connectivity index is 2.03. The first-order valence-electron chi connectivity index (χ1n) is 5.49. The summed E-state index contributed by atoms with van der Waals surface area (Å²) in [7, 11) is -3.55. The fourth-order valence-corrected chi connectivity index (χ4v) is 3.97. The standard InChI is InChI=1S/C10H14N2O3S2/c13-9(12-5-2-1-3-6-12)8-17(14,15)10-11-4-7-16-10/h4,7H,1-3,5-6,8H2. The van der Waals surface area contributed by atoms with Gasteiger partial charge in [0, 0.05) is 24.7 Å². The highest BCUT2D eigenvalue weighted by molar-refractivity contribution is 7.93. The van der Waals surface area contributed by atoms with Crippen molar-refractivity contribution in [2.24, 2.45) is 0 Å². The Labute approximate surface area is 104 Å². The lowest BCUT2D eigenvalue weighted by Crippen LogP contribution is -2.39. The maximum atomic E-state index is 11.8. The molecule has 1 aliphatic rings. The molecule has 1 aromatic rings. The maximum Gasteiger partial charge on any atom is 0.238 e. The second kappa shape index (κ2) is 5.14. The second-order valence-electron chi connectivity index (χ2n) is 4.00. The van der Waals surface area contributed by atoms with Crippen LogP contribution in [-0.2, 0) is 14.6 Å². The van der Waals surface area contributed by atoms with Gasteiger partial charge in [0.2, 0.25) is 20.1 Å². The van der Waals surface area contributed by atoms with Gasteiger partial charge in [-0.25, -0.2) is 13.4 Å². The molecule has 17 heavy (non-hydrogen) atoms. The third-order valence-corrected chi connectivity index (χ3v) is 5.58. The molecule has 0 spiro atoms. The average Bonchev–Trinajstić information content (AvgIpc) is 2.84. The van der Waals surface area contributed by atoms with Crippen LogP contribution in [0.15, 0.2) is 15.9 Å². The third-order valence-electron chi connectivity index (χ3n) is 2.70. The van der Waals surface area contributed by atoms with Gasteiger partial charge in [-0.1, -0.05) is 0 Å². The topological polar surface area (TPSA) is 67.3 Å². The van der Waals surface area contributed by atoms with Crippen LogP contribution in [0.4, 0.5) is 0 Å². The number of nitrogens with zero attached hydrogens (tertiary/aromatic N) is 2. The van der Waals surface area contributed by atoms with E-state index in [0.29, 0.717) is 13.1 Å². The minimum atomic E-state index is -3.55. The Hall–Kier alpha value is -0.950. The Morgan fingerprint density at radius 1 is 1.35 bits per heavy atom. The molecular weight excluding hydrogens is 260 g/mol. The quantitative estimate of drug-likeness (QED) is 0.822. The molecule has 1 aliphatic heterocycles. The second-order valence-corrected chi connectivity index (χ2v) is 7.06. The highest BCUT2D eigenvalue weighted by Crippen LogP contribution is 2.16. The van der Waals surface area contributed by atoms with Gasteiger partial charge in [-0.15, -0.1) is 11.3 Å². The lowest BCUT2D eigenvalue weighted by Gasteiger charge is -2.26. The summed E-state index contributed by atoms with van der Waals surface area (Å²) in [5.41, 5.74) is 0. The van der Waals surface area contributed by atoms with Crippen LogP contribution in [0.5, 0.6) is 0 Å². The number of likely N-dealkylation sites (tertiary alicyclic amines) is 1. The van der Waals surface area contributed by atoms with Crippen molar-refractivity contribution in [2.45, 2.75) is 23.6 Å². The first kappa shape index (κ1) is 12.5. The summed E-state index contributed by atoms with van der Waals surface area (Å²) in [6.07, 6.45) is 4.47. The average molecular weight is 274 g/mol. The summed E-state index contributed by atoms with van der Waals surface area (Å²) in [6, 6.07) is 0. The van der Waals surface area contributed by atoms with E-state index in [4.69, 9.17) is 0 Å². The van der Waals surface area contributed by atoms with Gasteiger partial charge in [0.15, 0.2) is 0 Å². The molecule has 1 saturated heterocycles. The number of carbonyl (C=O) groups is 1. The monoisotopic (exact) mass is 274 g/mol. The molecule has 2 rings (SSSR count). The molecule has 5 nitrogen and oxygen atoms in total. The fourth-order valence-electron chi connectivity index (χ4n) is 1.82. The van der Waals surface area contributed by atoms with Crippen LogP contribution in [0, 0.1) is 0 Å². The first-order valence-corrected chi connectivity index (χ1v) is 8.03. The number of hydrogen-bond donors (Lipinski definition) is 0. The zero-order valence-electron chi connectivity index (χ0n) is 9.33. The van der Waals surface area contributed by atoms with E-state index in [9.17, 15) is 13.2 Å². The molecule has 94 valence electrons. The predicted molar refractivity (Wildman–Crippen MR) is 64.6 cm³/mol. The Morgan fingerprint density at radius 3 is 2.65 bits per heavy atom. The van der Waals surface area contributed by atoms with Crippen molar-refractivity contribution in [2.75, 3.05) is 18.8 Å². The molecule has 0 atom stereocenters. The normalized spacial score (nSPS) is 17.1. The van der Waals surface area contributed by atoms with Gasteiger partial charge < -0.3 is 4.90 Å². The molecule has 0 radical (unpaired) electrons. The molecule has 0 saturated carbocycles. The van der Waals surface area contributed by atoms with Crippen molar-refractivity contribution in [1.82, 2.24) is 9.88 Å².